The summed E-state index contributed by atoms with van der Waals surface area (Å²) in [5, 5.41) is 3.44. The number of aryl methyl sites for hydroxylation is 2. The van der Waals surface area contributed by atoms with E-state index in [-0.39, 0.29) is 0 Å². The van der Waals surface area contributed by atoms with Crippen LogP contribution in [0.3, 0.4) is 0 Å². The Morgan fingerprint density at radius 1 is 1.24 bits per heavy atom. The highest BCUT2D eigenvalue weighted by Crippen LogP contribution is 2.27. The molecule has 2 aromatic rings. The summed E-state index contributed by atoms with van der Waals surface area (Å²) in [7, 11) is 0. The first-order valence-corrected chi connectivity index (χ1v) is 8.17. The Morgan fingerprint density at radius 2 is 2.00 bits per heavy atom. The summed E-state index contributed by atoms with van der Waals surface area (Å²) in [5.74, 6) is 1.52. The van der Waals surface area contributed by atoms with Crippen LogP contribution >= 0.6 is 22.6 Å². The van der Waals surface area contributed by atoms with Gasteiger partial charge in [-0.2, -0.15) is 0 Å². The number of aromatic nitrogens is 1. The van der Waals surface area contributed by atoms with Crippen LogP contribution in [0.25, 0.3) is 0 Å². The molecule has 112 valence electrons. The van der Waals surface area contributed by atoms with E-state index in [2.05, 4.69) is 59.7 Å². The van der Waals surface area contributed by atoms with Crippen molar-refractivity contribution < 1.29 is 4.74 Å². The first-order chi connectivity index (χ1) is 9.95. The molecule has 0 spiro atoms. The molecule has 2 rings (SSSR count). The highest BCUT2D eigenvalue weighted by molar-refractivity contribution is 14.1. The number of halogens is 1. The maximum Gasteiger partial charge on any atom is 0.224 e. The second-order valence-corrected chi connectivity index (χ2v) is 6.70. The van der Waals surface area contributed by atoms with Crippen molar-refractivity contribution in [3.05, 3.63) is 50.7 Å². The summed E-state index contributed by atoms with van der Waals surface area (Å²) >= 11 is 2.28. The summed E-state index contributed by atoms with van der Waals surface area (Å²) in [4.78, 5) is 4.57. The van der Waals surface area contributed by atoms with Gasteiger partial charge in [0.2, 0.25) is 5.88 Å². The predicted octanol–water partition coefficient (Wildman–Crippen LogP) is 4.59. The molecule has 0 unspecified atom stereocenters. The molecular formula is C17H21IN2O. The fourth-order valence-electron chi connectivity index (χ4n) is 2.08. The Labute approximate surface area is 140 Å². The highest BCUT2D eigenvalue weighted by Gasteiger charge is 2.12. The number of rotatable bonds is 5. The van der Waals surface area contributed by atoms with Gasteiger partial charge < -0.3 is 10.1 Å². The summed E-state index contributed by atoms with van der Waals surface area (Å²) in [6.07, 6.45) is 0. The minimum atomic E-state index is 0.427. The van der Waals surface area contributed by atoms with Gasteiger partial charge in [0.05, 0.1) is 0 Å². The van der Waals surface area contributed by atoms with Crippen molar-refractivity contribution in [1.82, 2.24) is 10.3 Å². The van der Waals surface area contributed by atoms with Crippen LogP contribution < -0.4 is 10.1 Å². The fraction of sp³-hybridized carbons (Fsp3) is 0.353. The van der Waals surface area contributed by atoms with Gasteiger partial charge in [0, 0.05) is 27.4 Å². The monoisotopic (exact) mass is 396 g/mol. The van der Waals surface area contributed by atoms with Crippen molar-refractivity contribution in [3.8, 4) is 11.6 Å². The number of ether oxygens (including phenoxy) is 1. The molecule has 0 aliphatic heterocycles. The van der Waals surface area contributed by atoms with Crippen LogP contribution in [0.2, 0.25) is 0 Å². The second-order valence-electron chi connectivity index (χ2n) is 5.46. The van der Waals surface area contributed by atoms with Gasteiger partial charge in [-0.25, -0.2) is 4.98 Å². The third kappa shape index (κ3) is 4.68. The number of hydrogen-bond donors (Lipinski definition) is 1. The van der Waals surface area contributed by atoms with Crippen LogP contribution in [0.1, 0.15) is 30.7 Å². The molecule has 1 heterocycles. The molecule has 0 bridgehead atoms. The molecule has 21 heavy (non-hydrogen) atoms. The first kappa shape index (κ1) is 16.2. The number of nitrogens with zero attached hydrogens (tertiary/aromatic N) is 1. The quantitative estimate of drug-likeness (QED) is 0.751. The summed E-state index contributed by atoms with van der Waals surface area (Å²) in [6.45, 7) is 9.13. The van der Waals surface area contributed by atoms with E-state index >= 15 is 0 Å². The van der Waals surface area contributed by atoms with Crippen LogP contribution in [-0.4, -0.2) is 11.0 Å². The van der Waals surface area contributed by atoms with E-state index in [1.807, 2.05) is 31.2 Å². The Morgan fingerprint density at radius 3 is 2.67 bits per heavy atom. The number of nitrogens with one attached hydrogen (secondary N) is 1. The zero-order valence-electron chi connectivity index (χ0n) is 12.9. The lowest BCUT2D eigenvalue weighted by molar-refractivity contribution is 0.447. The Kier molecular flexibility index (Phi) is 5.58. The van der Waals surface area contributed by atoms with E-state index in [1.54, 1.807) is 0 Å². The molecule has 0 atom stereocenters. The summed E-state index contributed by atoms with van der Waals surface area (Å²) < 4.78 is 7.18. The maximum absolute atomic E-state index is 6.03. The third-order valence-corrected chi connectivity index (χ3v) is 3.81. The molecule has 0 radical (unpaired) electrons. The zero-order chi connectivity index (χ0) is 15.4. The van der Waals surface area contributed by atoms with Crippen LogP contribution in [0, 0.1) is 17.4 Å². The topological polar surface area (TPSA) is 34.1 Å². The lowest BCUT2D eigenvalue weighted by Gasteiger charge is -2.16. The minimum Gasteiger partial charge on any atom is -0.439 e. The molecule has 0 fully saturated rings. The van der Waals surface area contributed by atoms with Gasteiger partial charge in [-0.1, -0.05) is 19.9 Å². The van der Waals surface area contributed by atoms with Crippen molar-refractivity contribution in [1.29, 1.82) is 0 Å². The Bertz CT molecular complexity index is 626. The van der Waals surface area contributed by atoms with Gasteiger partial charge in [-0.05, 0) is 66.3 Å². The van der Waals surface area contributed by atoms with Crippen molar-refractivity contribution in [2.75, 3.05) is 0 Å². The Balaban J connectivity index is 2.32. The molecule has 0 aliphatic carbocycles. The Hall–Kier alpha value is -1.14. The molecule has 0 saturated carbocycles. The van der Waals surface area contributed by atoms with Gasteiger partial charge >= 0.3 is 0 Å². The van der Waals surface area contributed by atoms with Crippen molar-refractivity contribution >= 4 is 22.6 Å². The lowest BCUT2D eigenvalue weighted by atomic mass is 10.1. The van der Waals surface area contributed by atoms with Gasteiger partial charge in [-0.3, -0.25) is 0 Å². The third-order valence-electron chi connectivity index (χ3n) is 3.14. The lowest BCUT2D eigenvalue weighted by Crippen LogP contribution is -2.23. The van der Waals surface area contributed by atoms with Crippen LogP contribution in [-0.2, 0) is 6.54 Å². The maximum atomic E-state index is 6.03. The standard InChI is InChI=1S/C17H21IN2O/c1-11(2)19-10-16-12(3)8-13(4)20-17(16)21-15-7-5-6-14(18)9-15/h5-9,11,19H,10H2,1-4H3. The molecular weight excluding hydrogens is 375 g/mol. The van der Waals surface area contributed by atoms with Crippen molar-refractivity contribution in [3.63, 3.8) is 0 Å². The van der Waals surface area contributed by atoms with E-state index in [1.165, 1.54) is 5.56 Å². The largest absolute Gasteiger partial charge is 0.439 e. The number of pyridine rings is 1. The minimum absolute atomic E-state index is 0.427. The van der Waals surface area contributed by atoms with Gasteiger partial charge in [-0.15, -0.1) is 0 Å². The van der Waals surface area contributed by atoms with Crippen molar-refractivity contribution in [2.45, 2.75) is 40.3 Å². The van der Waals surface area contributed by atoms with E-state index < -0.39 is 0 Å². The fourth-order valence-corrected chi connectivity index (χ4v) is 2.59. The average molecular weight is 396 g/mol. The number of benzene rings is 1. The summed E-state index contributed by atoms with van der Waals surface area (Å²) in [5.41, 5.74) is 3.30. The molecule has 0 amide bonds. The van der Waals surface area contributed by atoms with E-state index in [4.69, 9.17) is 4.74 Å². The van der Waals surface area contributed by atoms with Gasteiger partial charge in [0.1, 0.15) is 5.75 Å². The van der Waals surface area contributed by atoms with E-state index in [0.29, 0.717) is 11.9 Å². The SMILES string of the molecule is Cc1cc(C)c(CNC(C)C)c(Oc2cccc(I)c2)n1. The van der Waals surface area contributed by atoms with Crippen LogP contribution in [0.15, 0.2) is 30.3 Å². The van der Waals surface area contributed by atoms with Crippen LogP contribution in [0.5, 0.6) is 11.6 Å². The van der Waals surface area contributed by atoms with E-state index in [0.717, 1.165) is 27.1 Å². The number of hydrogen-bond acceptors (Lipinski definition) is 3. The zero-order valence-corrected chi connectivity index (χ0v) is 15.1. The molecule has 0 saturated heterocycles. The molecule has 1 aromatic heterocycles. The predicted molar refractivity (Wildman–Crippen MR) is 94.9 cm³/mol. The molecule has 3 nitrogen and oxygen atoms in total. The molecule has 1 aromatic carbocycles. The van der Waals surface area contributed by atoms with Gasteiger partial charge in [0.25, 0.3) is 0 Å². The second kappa shape index (κ2) is 7.22. The summed E-state index contributed by atoms with van der Waals surface area (Å²) in [6, 6.07) is 10.5. The molecule has 0 aliphatic rings. The average Bonchev–Trinajstić information content (AvgIpc) is 2.37. The molecule has 4 heteroatoms. The van der Waals surface area contributed by atoms with E-state index in [9.17, 15) is 0 Å². The van der Waals surface area contributed by atoms with Gasteiger partial charge in [0.15, 0.2) is 0 Å². The van der Waals surface area contributed by atoms with Crippen molar-refractivity contribution in [2.24, 2.45) is 0 Å². The normalized spacial score (nSPS) is 11.0. The molecule has 1 N–H and O–H groups in total. The van der Waals surface area contributed by atoms with Crippen LogP contribution in [0.4, 0.5) is 0 Å². The highest BCUT2D eigenvalue weighted by atomic mass is 127. The first-order valence-electron chi connectivity index (χ1n) is 7.09. The smallest absolute Gasteiger partial charge is 0.224 e.